The Morgan fingerprint density at radius 3 is 2.94 bits per heavy atom. The van der Waals surface area contributed by atoms with Crippen molar-refractivity contribution in [2.24, 2.45) is 0 Å². The first-order chi connectivity index (χ1) is 8.16. The van der Waals surface area contributed by atoms with Gasteiger partial charge in [-0.1, -0.05) is 0 Å². The number of thiazole rings is 1. The lowest BCUT2D eigenvalue weighted by atomic mass is 10.3. The average molecular weight is 252 g/mol. The largest absolute Gasteiger partial charge is 0.476 e. The number of carboxylic acids is 1. The molecule has 0 radical (unpaired) electrons. The van der Waals surface area contributed by atoms with Crippen molar-refractivity contribution >= 4 is 23.2 Å². The topological polar surface area (TPSA) is 108 Å². The van der Waals surface area contributed by atoms with Gasteiger partial charge in [0.15, 0.2) is 5.69 Å². The first kappa shape index (κ1) is 11.3. The third-order valence-electron chi connectivity index (χ3n) is 1.93. The molecule has 0 aromatic carbocycles. The summed E-state index contributed by atoms with van der Waals surface area (Å²) in [6.07, 6.45) is 2.87. The zero-order valence-electron chi connectivity index (χ0n) is 8.51. The maximum absolute atomic E-state index is 11.5. The molecule has 0 unspecified atom stereocenters. The Labute approximate surface area is 99.5 Å². The van der Waals surface area contributed by atoms with Gasteiger partial charge >= 0.3 is 5.97 Å². The summed E-state index contributed by atoms with van der Waals surface area (Å²) >= 11 is 1.19. The van der Waals surface area contributed by atoms with Crippen LogP contribution in [0.15, 0.2) is 17.8 Å². The predicted molar refractivity (Wildman–Crippen MR) is 58.8 cm³/mol. The van der Waals surface area contributed by atoms with Crippen molar-refractivity contribution < 1.29 is 14.7 Å². The van der Waals surface area contributed by atoms with Crippen molar-refractivity contribution in [1.82, 2.24) is 20.5 Å². The second-order valence-corrected chi connectivity index (χ2v) is 4.04. The molecular formula is C9H8N4O3S. The second-order valence-electron chi connectivity index (χ2n) is 3.10. The highest BCUT2D eigenvalue weighted by Crippen LogP contribution is 2.09. The number of hydrogen-bond acceptors (Lipinski definition) is 5. The molecule has 2 aromatic heterocycles. The summed E-state index contributed by atoms with van der Waals surface area (Å²) in [6.45, 7) is 0.196. The van der Waals surface area contributed by atoms with E-state index >= 15 is 0 Å². The van der Waals surface area contributed by atoms with Gasteiger partial charge in [-0.05, 0) is 0 Å². The summed E-state index contributed by atoms with van der Waals surface area (Å²) in [5, 5.41) is 19.4. The molecular weight excluding hydrogens is 244 g/mol. The second kappa shape index (κ2) is 4.74. The fourth-order valence-corrected chi connectivity index (χ4v) is 1.83. The fraction of sp³-hybridized carbons (Fsp3) is 0.111. The van der Waals surface area contributed by atoms with E-state index in [1.165, 1.54) is 29.1 Å². The number of aromatic carboxylic acids is 1. The molecule has 0 aliphatic carbocycles. The Morgan fingerprint density at radius 2 is 2.35 bits per heavy atom. The zero-order chi connectivity index (χ0) is 12.3. The molecule has 17 heavy (non-hydrogen) atoms. The van der Waals surface area contributed by atoms with Crippen molar-refractivity contribution in [1.29, 1.82) is 0 Å². The number of aromatic amines is 1. The van der Waals surface area contributed by atoms with Crippen LogP contribution < -0.4 is 5.32 Å². The van der Waals surface area contributed by atoms with Crippen molar-refractivity contribution in [3.8, 4) is 0 Å². The summed E-state index contributed by atoms with van der Waals surface area (Å²) in [4.78, 5) is 25.9. The van der Waals surface area contributed by atoms with Crippen molar-refractivity contribution in [3.05, 3.63) is 34.0 Å². The Bertz CT molecular complexity index is 534. The highest BCUT2D eigenvalue weighted by atomic mass is 32.1. The molecule has 8 heteroatoms. The van der Waals surface area contributed by atoms with E-state index in [2.05, 4.69) is 20.5 Å². The van der Waals surface area contributed by atoms with Crippen molar-refractivity contribution in [2.75, 3.05) is 0 Å². The maximum Gasteiger partial charge on any atom is 0.355 e. The molecule has 0 aliphatic heterocycles. The van der Waals surface area contributed by atoms with Gasteiger partial charge in [-0.2, -0.15) is 5.10 Å². The molecule has 0 saturated heterocycles. The van der Waals surface area contributed by atoms with Gasteiger partial charge in [0.25, 0.3) is 5.91 Å². The molecule has 0 atom stereocenters. The van der Waals surface area contributed by atoms with E-state index in [1.54, 1.807) is 0 Å². The van der Waals surface area contributed by atoms with Crippen LogP contribution in [-0.2, 0) is 6.54 Å². The maximum atomic E-state index is 11.5. The molecule has 0 bridgehead atoms. The number of carbonyl (C=O) groups is 2. The van der Waals surface area contributed by atoms with E-state index in [9.17, 15) is 9.59 Å². The molecule has 2 aromatic rings. The summed E-state index contributed by atoms with van der Waals surface area (Å²) < 4.78 is 0. The predicted octanol–water partition coefficient (Wildman–Crippen LogP) is 0.494. The lowest BCUT2D eigenvalue weighted by Gasteiger charge is -1.99. The molecule has 88 valence electrons. The number of H-pyrrole nitrogens is 1. The molecule has 3 N–H and O–H groups in total. The van der Waals surface area contributed by atoms with E-state index in [1.807, 2.05) is 0 Å². The average Bonchev–Trinajstić information content (AvgIpc) is 2.97. The standard InChI is InChI=1S/C9H8N4O3S/c14-8(5-1-11-12-2-5)10-3-7-13-6(4-17-7)9(15)16/h1-2,4H,3H2,(H,10,14)(H,11,12)(H,15,16). The minimum atomic E-state index is -1.08. The van der Waals surface area contributed by atoms with Crippen LogP contribution in [-0.4, -0.2) is 32.2 Å². The van der Waals surface area contributed by atoms with Gasteiger partial charge in [0.1, 0.15) is 5.01 Å². The van der Waals surface area contributed by atoms with Crippen molar-refractivity contribution in [3.63, 3.8) is 0 Å². The van der Waals surface area contributed by atoms with E-state index in [-0.39, 0.29) is 18.1 Å². The van der Waals surface area contributed by atoms with Gasteiger partial charge in [-0.15, -0.1) is 11.3 Å². The summed E-state index contributed by atoms with van der Waals surface area (Å²) in [5.41, 5.74) is 0.405. The Morgan fingerprint density at radius 1 is 1.53 bits per heavy atom. The highest BCUT2D eigenvalue weighted by Gasteiger charge is 2.10. The van der Waals surface area contributed by atoms with Crippen LogP contribution in [0.4, 0.5) is 0 Å². The SMILES string of the molecule is O=C(NCc1nc(C(=O)O)cs1)c1cn[nH]c1. The Hall–Kier alpha value is -2.22. The van der Waals surface area contributed by atoms with Crippen LogP contribution in [0.3, 0.4) is 0 Å². The number of rotatable bonds is 4. The number of hydrogen-bond donors (Lipinski definition) is 3. The molecule has 2 rings (SSSR count). The van der Waals surface area contributed by atoms with E-state index in [4.69, 9.17) is 5.11 Å². The van der Waals surface area contributed by atoms with Gasteiger partial charge < -0.3 is 10.4 Å². The third kappa shape index (κ3) is 2.67. The van der Waals surface area contributed by atoms with Gasteiger partial charge in [0.05, 0.1) is 18.3 Å². The smallest absolute Gasteiger partial charge is 0.355 e. The van der Waals surface area contributed by atoms with Crippen LogP contribution in [0, 0.1) is 0 Å². The minimum absolute atomic E-state index is 0.0115. The number of aromatic nitrogens is 3. The summed E-state index contributed by atoms with van der Waals surface area (Å²) in [6, 6.07) is 0. The zero-order valence-corrected chi connectivity index (χ0v) is 9.32. The van der Waals surface area contributed by atoms with Crippen LogP contribution in [0.2, 0.25) is 0 Å². The number of nitrogens with zero attached hydrogens (tertiary/aromatic N) is 2. The molecule has 0 fully saturated rings. The fourth-order valence-electron chi connectivity index (χ4n) is 1.12. The van der Waals surface area contributed by atoms with E-state index in [0.717, 1.165) is 0 Å². The van der Waals surface area contributed by atoms with Gasteiger partial charge in [-0.25, -0.2) is 9.78 Å². The monoisotopic (exact) mass is 252 g/mol. The summed E-state index contributed by atoms with van der Waals surface area (Å²) in [5.74, 6) is -1.36. The van der Waals surface area contributed by atoms with Crippen LogP contribution in [0.25, 0.3) is 0 Å². The number of amides is 1. The Kier molecular flexibility index (Phi) is 3.15. The molecule has 0 saturated carbocycles. The van der Waals surface area contributed by atoms with E-state index in [0.29, 0.717) is 10.6 Å². The van der Waals surface area contributed by atoms with Crippen molar-refractivity contribution in [2.45, 2.75) is 6.54 Å². The number of carboxylic acid groups (broad SMARTS) is 1. The van der Waals surface area contributed by atoms with E-state index < -0.39 is 5.97 Å². The number of nitrogens with one attached hydrogen (secondary N) is 2. The quantitative estimate of drug-likeness (QED) is 0.734. The lowest BCUT2D eigenvalue weighted by Crippen LogP contribution is -2.22. The van der Waals surface area contributed by atoms with Gasteiger partial charge in [0, 0.05) is 11.6 Å². The molecule has 1 amide bonds. The van der Waals surface area contributed by atoms with Crippen LogP contribution >= 0.6 is 11.3 Å². The molecule has 2 heterocycles. The van der Waals surface area contributed by atoms with Crippen LogP contribution in [0.1, 0.15) is 25.9 Å². The first-order valence-corrected chi connectivity index (χ1v) is 5.49. The third-order valence-corrected chi connectivity index (χ3v) is 2.78. The van der Waals surface area contributed by atoms with Gasteiger partial charge in [-0.3, -0.25) is 9.89 Å². The molecule has 0 aliphatic rings. The lowest BCUT2D eigenvalue weighted by molar-refractivity contribution is 0.0691. The highest BCUT2D eigenvalue weighted by molar-refractivity contribution is 7.09. The van der Waals surface area contributed by atoms with Gasteiger partial charge in [0.2, 0.25) is 0 Å². The molecule has 0 spiro atoms. The normalized spacial score (nSPS) is 10.1. The Balaban J connectivity index is 1.93. The molecule has 7 nitrogen and oxygen atoms in total. The van der Waals surface area contributed by atoms with Crippen LogP contribution in [0.5, 0.6) is 0 Å². The number of carbonyl (C=O) groups excluding carboxylic acids is 1. The summed E-state index contributed by atoms with van der Waals surface area (Å²) in [7, 11) is 0. The minimum Gasteiger partial charge on any atom is -0.476 e. The first-order valence-electron chi connectivity index (χ1n) is 4.61.